The molecule has 180 valence electrons. The summed E-state index contributed by atoms with van der Waals surface area (Å²) in [6.45, 7) is 1.73. The number of amides is 2. The van der Waals surface area contributed by atoms with Crippen molar-refractivity contribution in [2.75, 3.05) is 12.4 Å². The number of ether oxygens (including phenoxy) is 1. The number of esters is 1. The van der Waals surface area contributed by atoms with Crippen LogP contribution in [0.3, 0.4) is 0 Å². The Balaban J connectivity index is 1.93. The van der Waals surface area contributed by atoms with Crippen LogP contribution >= 0.6 is 11.3 Å². The van der Waals surface area contributed by atoms with Crippen LogP contribution in [0.5, 0.6) is 0 Å². The summed E-state index contributed by atoms with van der Waals surface area (Å²) < 4.78 is 4.77. The van der Waals surface area contributed by atoms with Gasteiger partial charge in [0.25, 0.3) is 23.2 Å². The molecule has 0 spiro atoms. The lowest BCUT2D eigenvalue weighted by atomic mass is 10.1. The quantitative estimate of drug-likeness (QED) is 0.268. The summed E-state index contributed by atoms with van der Waals surface area (Å²) >= 11 is 0.804. The number of carbonyl (C=O) groups is 3. The third-order valence-electron chi connectivity index (χ3n) is 4.85. The number of thiophene rings is 1. The molecule has 2 aromatic carbocycles. The Bertz CT molecular complexity index is 1300. The molecule has 1 aromatic heterocycles. The summed E-state index contributed by atoms with van der Waals surface area (Å²) in [5, 5.41) is 27.4. The van der Waals surface area contributed by atoms with Gasteiger partial charge in [0, 0.05) is 18.7 Å². The van der Waals surface area contributed by atoms with Crippen molar-refractivity contribution in [1.29, 1.82) is 0 Å². The summed E-state index contributed by atoms with van der Waals surface area (Å²) in [4.78, 5) is 58.7. The fourth-order valence-electron chi connectivity index (χ4n) is 3.14. The number of methoxy groups -OCH3 is 1. The van der Waals surface area contributed by atoms with Gasteiger partial charge in [-0.1, -0.05) is 30.3 Å². The minimum atomic E-state index is -0.945. The molecule has 1 heterocycles. The molecule has 0 aliphatic heterocycles. The van der Waals surface area contributed by atoms with Crippen molar-refractivity contribution in [3.8, 4) is 0 Å². The van der Waals surface area contributed by atoms with E-state index in [4.69, 9.17) is 4.74 Å². The number of nitro benzene ring substituents is 2. The van der Waals surface area contributed by atoms with Crippen LogP contribution in [0, 0.1) is 27.2 Å². The average molecular weight is 498 g/mol. The summed E-state index contributed by atoms with van der Waals surface area (Å²) in [5.74, 6) is -2.26. The molecule has 0 saturated carbocycles. The van der Waals surface area contributed by atoms with Gasteiger partial charge in [-0.2, -0.15) is 0 Å². The molecule has 0 radical (unpaired) electrons. The Morgan fingerprint density at radius 3 is 2.11 bits per heavy atom. The molecule has 0 fully saturated rings. The van der Waals surface area contributed by atoms with Crippen LogP contribution in [0.4, 0.5) is 16.4 Å². The summed E-state index contributed by atoms with van der Waals surface area (Å²) in [6, 6.07) is 11.6. The van der Waals surface area contributed by atoms with Crippen LogP contribution in [0.2, 0.25) is 0 Å². The van der Waals surface area contributed by atoms with E-state index in [1.807, 2.05) is 30.3 Å². The lowest BCUT2D eigenvalue weighted by Crippen LogP contribution is -2.22. The summed E-state index contributed by atoms with van der Waals surface area (Å²) in [6.07, 6.45) is 0. The molecule has 2 amide bonds. The smallest absolute Gasteiger partial charge is 0.341 e. The molecule has 0 bridgehead atoms. The number of carbonyl (C=O) groups excluding carboxylic acids is 3. The van der Waals surface area contributed by atoms with E-state index in [0.29, 0.717) is 0 Å². The number of nitrogens with zero attached hydrogens (tertiary/aromatic N) is 2. The van der Waals surface area contributed by atoms with Crippen LogP contribution < -0.4 is 10.6 Å². The molecule has 3 rings (SSSR count). The molecular weight excluding hydrogens is 480 g/mol. The van der Waals surface area contributed by atoms with E-state index in [-0.39, 0.29) is 33.1 Å². The van der Waals surface area contributed by atoms with Crippen LogP contribution in [-0.2, 0) is 11.3 Å². The van der Waals surface area contributed by atoms with Crippen molar-refractivity contribution in [1.82, 2.24) is 5.32 Å². The Morgan fingerprint density at radius 1 is 0.971 bits per heavy atom. The Kier molecular flexibility index (Phi) is 7.51. The highest BCUT2D eigenvalue weighted by Crippen LogP contribution is 2.34. The van der Waals surface area contributed by atoms with Gasteiger partial charge in [-0.25, -0.2) is 4.79 Å². The molecule has 2 N–H and O–H groups in total. The average Bonchev–Trinajstić information content (AvgIpc) is 3.17. The topological polar surface area (TPSA) is 171 Å². The van der Waals surface area contributed by atoms with Gasteiger partial charge in [-0.05, 0) is 18.1 Å². The second-order valence-corrected chi connectivity index (χ2v) is 8.15. The lowest BCUT2D eigenvalue weighted by Gasteiger charge is -2.06. The second kappa shape index (κ2) is 10.5. The molecule has 0 aliphatic rings. The maximum atomic E-state index is 12.8. The number of hydrogen-bond acceptors (Lipinski definition) is 9. The molecule has 0 aliphatic carbocycles. The van der Waals surface area contributed by atoms with Gasteiger partial charge in [0.1, 0.15) is 5.00 Å². The zero-order valence-corrected chi connectivity index (χ0v) is 19.2. The molecule has 0 atom stereocenters. The second-order valence-electron chi connectivity index (χ2n) is 7.13. The van der Waals surface area contributed by atoms with E-state index in [9.17, 15) is 34.6 Å². The fourth-order valence-corrected chi connectivity index (χ4v) is 4.24. The zero-order valence-electron chi connectivity index (χ0n) is 18.4. The van der Waals surface area contributed by atoms with E-state index < -0.39 is 39.0 Å². The van der Waals surface area contributed by atoms with Gasteiger partial charge >= 0.3 is 5.97 Å². The fraction of sp³-hybridized carbons (Fsp3) is 0.136. The SMILES string of the molecule is COC(=O)c1c(NC(=O)c2cc([N+](=O)[O-])cc([N+](=O)[O-])c2)sc(C(=O)NCc2ccccc2)c1C. The van der Waals surface area contributed by atoms with E-state index in [0.717, 1.165) is 42.2 Å². The first-order chi connectivity index (χ1) is 16.6. The normalized spacial score (nSPS) is 10.3. The largest absolute Gasteiger partial charge is 0.465 e. The Labute approximate surface area is 201 Å². The predicted molar refractivity (Wildman–Crippen MR) is 126 cm³/mol. The van der Waals surface area contributed by atoms with Gasteiger partial charge in [0.05, 0.1) is 39.0 Å². The monoisotopic (exact) mass is 498 g/mol. The molecule has 13 heteroatoms. The highest BCUT2D eigenvalue weighted by Gasteiger charge is 2.27. The van der Waals surface area contributed by atoms with Crippen molar-refractivity contribution in [2.24, 2.45) is 0 Å². The molecule has 35 heavy (non-hydrogen) atoms. The van der Waals surface area contributed by atoms with Gasteiger partial charge in [-0.3, -0.25) is 29.8 Å². The van der Waals surface area contributed by atoms with E-state index in [2.05, 4.69) is 10.6 Å². The third-order valence-corrected chi connectivity index (χ3v) is 6.06. The van der Waals surface area contributed by atoms with Gasteiger partial charge in [0.2, 0.25) is 0 Å². The Hall–Kier alpha value is -4.65. The van der Waals surface area contributed by atoms with Crippen molar-refractivity contribution in [3.63, 3.8) is 0 Å². The van der Waals surface area contributed by atoms with Crippen molar-refractivity contribution in [3.05, 3.63) is 95.9 Å². The number of nitro groups is 2. The van der Waals surface area contributed by atoms with Gasteiger partial charge < -0.3 is 15.4 Å². The number of hydrogen-bond donors (Lipinski definition) is 2. The summed E-state index contributed by atoms with van der Waals surface area (Å²) in [5.41, 5.74) is -0.642. The highest BCUT2D eigenvalue weighted by atomic mass is 32.1. The predicted octanol–water partition coefficient (Wildman–Crippen LogP) is 3.84. The van der Waals surface area contributed by atoms with Gasteiger partial charge in [0.15, 0.2) is 0 Å². The number of non-ortho nitro benzene ring substituents is 2. The van der Waals surface area contributed by atoms with Gasteiger partial charge in [-0.15, -0.1) is 11.3 Å². The number of benzene rings is 2. The minimum absolute atomic E-state index is 0.0432. The summed E-state index contributed by atoms with van der Waals surface area (Å²) in [7, 11) is 1.13. The van der Waals surface area contributed by atoms with E-state index in [1.165, 1.54) is 6.92 Å². The first kappa shape index (κ1) is 25.0. The van der Waals surface area contributed by atoms with Crippen LogP contribution in [0.15, 0.2) is 48.5 Å². The molecule has 0 saturated heterocycles. The lowest BCUT2D eigenvalue weighted by molar-refractivity contribution is -0.394. The number of anilines is 1. The Morgan fingerprint density at radius 2 is 1.57 bits per heavy atom. The van der Waals surface area contributed by atoms with Crippen molar-refractivity contribution < 1.29 is 29.0 Å². The molecule has 12 nitrogen and oxygen atoms in total. The van der Waals surface area contributed by atoms with E-state index in [1.54, 1.807) is 0 Å². The van der Waals surface area contributed by atoms with Crippen LogP contribution in [-0.4, -0.2) is 34.7 Å². The van der Waals surface area contributed by atoms with E-state index >= 15 is 0 Å². The maximum Gasteiger partial charge on any atom is 0.341 e. The number of nitrogens with one attached hydrogen (secondary N) is 2. The first-order valence-corrected chi connectivity index (χ1v) is 10.7. The van der Waals surface area contributed by atoms with Crippen molar-refractivity contribution in [2.45, 2.75) is 13.5 Å². The third kappa shape index (κ3) is 5.65. The maximum absolute atomic E-state index is 12.8. The van der Waals surface area contributed by atoms with Crippen LogP contribution in [0.1, 0.15) is 41.5 Å². The minimum Gasteiger partial charge on any atom is -0.465 e. The first-order valence-electron chi connectivity index (χ1n) is 9.91. The van der Waals surface area contributed by atoms with Crippen molar-refractivity contribution >= 4 is 45.5 Å². The molecule has 3 aromatic rings. The van der Waals surface area contributed by atoms with Crippen LogP contribution in [0.25, 0.3) is 0 Å². The zero-order chi connectivity index (χ0) is 25.7. The standard InChI is InChI=1S/C22H18N4O8S/c1-12-17(22(29)34-2)21(35-18(12)20(28)23-11-13-6-4-3-5-7-13)24-19(27)14-8-15(25(30)31)10-16(9-14)26(32)33/h3-10H,11H2,1-2H3,(H,23,28)(H,24,27). The molecular formula is C22H18N4O8S. The highest BCUT2D eigenvalue weighted by molar-refractivity contribution is 7.18. The number of rotatable bonds is 8. The molecule has 0 unspecified atom stereocenters.